The molecule has 2 rings (SSSR count). The van der Waals surface area contributed by atoms with Crippen LogP contribution in [0.5, 0.6) is 0 Å². The molecule has 1 aromatic rings. The van der Waals surface area contributed by atoms with Crippen molar-refractivity contribution in [2.75, 3.05) is 13.1 Å². The van der Waals surface area contributed by atoms with Gasteiger partial charge in [0, 0.05) is 13.1 Å². The van der Waals surface area contributed by atoms with Crippen LogP contribution >= 0.6 is 0 Å². The first-order valence-corrected chi connectivity index (χ1v) is 9.88. The number of benzene rings is 1. The van der Waals surface area contributed by atoms with Crippen molar-refractivity contribution in [3.05, 3.63) is 58.9 Å². The molecule has 0 fully saturated rings. The lowest BCUT2D eigenvalue weighted by atomic mass is 9.93. The Balaban J connectivity index is 2.17. The molecule has 0 saturated heterocycles. The van der Waals surface area contributed by atoms with Gasteiger partial charge in [0.05, 0.1) is 4.90 Å². The normalized spacial score (nSPS) is 15.5. The molecule has 3 nitrogen and oxygen atoms in total. The summed E-state index contributed by atoms with van der Waals surface area (Å²) in [5.74, 6) is 0.881. The van der Waals surface area contributed by atoms with Crippen molar-refractivity contribution >= 4 is 10.0 Å². The lowest BCUT2D eigenvalue weighted by Gasteiger charge is -2.16. The fraction of sp³-hybridized carbons (Fsp3) is 0.450. The first-order valence-electron chi connectivity index (χ1n) is 8.44. The number of nitrogens with zero attached hydrogens (tertiary/aromatic N) is 1. The van der Waals surface area contributed by atoms with Gasteiger partial charge in [0.15, 0.2) is 0 Å². The highest BCUT2D eigenvalue weighted by Crippen LogP contribution is 2.23. The van der Waals surface area contributed by atoms with E-state index < -0.39 is 10.0 Å². The summed E-state index contributed by atoms with van der Waals surface area (Å²) < 4.78 is 26.9. The monoisotopic (exact) mass is 345 g/mol. The fourth-order valence-electron chi connectivity index (χ4n) is 2.87. The zero-order valence-corrected chi connectivity index (χ0v) is 16.0. The van der Waals surface area contributed by atoms with E-state index in [0.717, 1.165) is 11.1 Å². The summed E-state index contributed by atoms with van der Waals surface area (Å²) in [7, 11) is -3.43. The van der Waals surface area contributed by atoms with Gasteiger partial charge in [-0.1, -0.05) is 51.5 Å². The second-order valence-electron chi connectivity index (χ2n) is 6.94. The van der Waals surface area contributed by atoms with Crippen LogP contribution in [0.3, 0.4) is 0 Å². The van der Waals surface area contributed by atoms with Gasteiger partial charge >= 0.3 is 0 Å². The Bertz CT molecular complexity index is 767. The Kier molecular flexibility index (Phi) is 5.87. The summed E-state index contributed by atoms with van der Waals surface area (Å²) in [6.07, 6.45) is 3.91. The number of hydrogen-bond acceptors (Lipinski definition) is 2. The van der Waals surface area contributed by atoms with Crippen LogP contribution in [-0.2, 0) is 10.0 Å². The molecule has 1 aromatic carbocycles. The van der Waals surface area contributed by atoms with E-state index in [9.17, 15) is 8.42 Å². The third-order valence-corrected chi connectivity index (χ3v) is 6.07. The second kappa shape index (κ2) is 7.52. The molecule has 24 heavy (non-hydrogen) atoms. The molecule has 4 heteroatoms. The highest BCUT2D eigenvalue weighted by Gasteiger charge is 2.27. The average Bonchev–Trinajstić information content (AvgIpc) is 2.97. The summed E-state index contributed by atoms with van der Waals surface area (Å²) in [6.45, 7) is 11.4. The largest absolute Gasteiger partial charge is 0.243 e. The van der Waals surface area contributed by atoms with Crippen molar-refractivity contribution in [1.82, 2.24) is 4.31 Å². The van der Waals surface area contributed by atoms with Gasteiger partial charge in [-0.3, -0.25) is 0 Å². The third kappa shape index (κ3) is 4.27. The topological polar surface area (TPSA) is 37.4 Å². The maximum atomic E-state index is 12.7. The van der Waals surface area contributed by atoms with Crippen molar-refractivity contribution < 1.29 is 8.42 Å². The van der Waals surface area contributed by atoms with Crippen LogP contribution < -0.4 is 0 Å². The van der Waals surface area contributed by atoms with Gasteiger partial charge in [-0.15, -0.1) is 5.73 Å². The van der Waals surface area contributed by atoms with Crippen molar-refractivity contribution in [2.45, 2.75) is 39.5 Å². The molecule has 0 aliphatic carbocycles. The van der Waals surface area contributed by atoms with Crippen LogP contribution in [0.25, 0.3) is 0 Å². The van der Waals surface area contributed by atoms with E-state index in [2.05, 4.69) is 33.4 Å². The van der Waals surface area contributed by atoms with Crippen molar-refractivity contribution in [2.24, 2.45) is 11.8 Å². The molecule has 0 radical (unpaired) electrons. The minimum atomic E-state index is -3.43. The van der Waals surface area contributed by atoms with Crippen LogP contribution in [0.2, 0.25) is 0 Å². The van der Waals surface area contributed by atoms with E-state index in [1.807, 2.05) is 31.2 Å². The highest BCUT2D eigenvalue weighted by atomic mass is 32.2. The first kappa shape index (κ1) is 18.7. The number of sulfonamides is 1. The lowest BCUT2D eigenvalue weighted by molar-refractivity contribution is 0.485. The van der Waals surface area contributed by atoms with Gasteiger partial charge in [0.1, 0.15) is 0 Å². The molecule has 0 spiro atoms. The Morgan fingerprint density at radius 1 is 1.12 bits per heavy atom. The molecule has 0 saturated carbocycles. The summed E-state index contributed by atoms with van der Waals surface area (Å²) in [6, 6.07) is 7.01. The molecule has 0 bridgehead atoms. The average molecular weight is 346 g/mol. The molecule has 0 N–H and O–H groups in total. The van der Waals surface area contributed by atoms with Gasteiger partial charge in [0.2, 0.25) is 10.0 Å². The van der Waals surface area contributed by atoms with Gasteiger partial charge in [-0.25, -0.2) is 8.42 Å². The van der Waals surface area contributed by atoms with Gasteiger partial charge in [-0.05, 0) is 48.1 Å². The molecule has 1 heterocycles. The molecular formula is C20H27NO2S. The van der Waals surface area contributed by atoms with Crippen LogP contribution in [0.1, 0.15) is 33.3 Å². The molecule has 0 atom stereocenters. The first-order chi connectivity index (χ1) is 11.2. The van der Waals surface area contributed by atoms with Crippen LogP contribution in [-0.4, -0.2) is 25.8 Å². The zero-order valence-electron chi connectivity index (χ0n) is 15.2. The van der Waals surface area contributed by atoms with Crippen LogP contribution in [0.4, 0.5) is 0 Å². The summed E-state index contributed by atoms with van der Waals surface area (Å²) >= 11 is 0. The van der Waals surface area contributed by atoms with Crippen molar-refractivity contribution in [3.8, 4) is 0 Å². The van der Waals surface area contributed by atoms with E-state index in [1.165, 1.54) is 9.88 Å². The van der Waals surface area contributed by atoms with Gasteiger partial charge in [-0.2, -0.15) is 4.31 Å². The Labute approximate surface area is 146 Å². The highest BCUT2D eigenvalue weighted by molar-refractivity contribution is 7.89. The Morgan fingerprint density at radius 2 is 1.71 bits per heavy atom. The molecule has 1 aliphatic heterocycles. The molecule has 0 aromatic heterocycles. The molecule has 130 valence electrons. The lowest BCUT2D eigenvalue weighted by Crippen LogP contribution is -2.29. The SMILES string of the molecule is Cc1ccc(S(=O)(=O)N2CC=C(C=C=C(C(C)C)C(C)C)C2)cc1. The molecule has 0 amide bonds. The number of rotatable bonds is 5. The van der Waals surface area contributed by atoms with E-state index in [0.29, 0.717) is 29.8 Å². The Morgan fingerprint density at radius 3 is 2.25 bits per heavy atom. The molecule has 0 unspecified atom stereocenters. The predicted octanol–water partition coefficient (Wildman–Crippen LogP) is 4.32. The van der Waals surface area contributed by atoms with Crippen molar-refractivity contribution in [3.63, 3.8) is 0 Å². The maximum absolute atomic E-state index is 12.7. The third-order valence-electron chi connectivity index (χ3n) is 4.24. The van der Waals surface area contributed by atoms with Crippen LogP contribution in [0.15, 0.2) is 58.2 Å². The van der Waals surface area contributed by atoms with E-state index in [1.54, 1.807) is 12.1 Å². The Hall–Kier alpha value is -1.61. The molecular weight excluding hydrogens is 318 g/mol. The van der Waals surface area contributed by atoms with Gasteiger partial charge in [0.25, 0.3) is 0 Å². The minimum absolute atomic E-state index is 0.354. The standard InChI is InChI=1S/C20H27NO2S/c1-15(2)20(16(3)4)11-8-18-12-13-21(14-18)24(22,23)19-9-6-17(5)7-10-19/h6-10,12,15-16H,13-14H2,1-5H3. The predicted molar refractivity (Wildman–Crippen MR) is 99.3 cm³/mol. The quantitative estimate of drug-likeness (QED) is 0.745. The van der Waals surface area contributed by atoms with E-state index in [4.69, 9.17) is 0 Å². The number of hydrogen-bond donors (Lipinski definition) is 0. The summed E-state index contributed by atoms with van der Waals surface area (Å²) in [5, 5.41) is 0. The van der Waals surface area contributed by atoms with E-state index >= 15 is 0 Å². The zero-order chi connectivity index (χ0) is 17.9. The van der Waals surface area contributed by atoms with Crippen LogP contribution in [0, 0.1) is 18.8 Å². The fourth-order valence-corrected chi connectivity index (χ4v) is 4.24. The number of aryl methyl sites for hydroxylation is 1. The van der Waals surface area contributed by atoms with Crippen molar-refractivity contribution in [1.29, 1.82) is 0 Å². The minimum Gasteiger partial charge on any atom is -0.207 e. The van der Waals surface area contributed by atoms with Gasteiger partial charge < -0.3 is 0 Å². The maximum Gasteiger partial charge on any atom is 0.243 e. The molecule has 1 aliphatic rings. The summed E-state index contributed by atoms with van der Waals surface area (Å²) in [5.41, 5.74) is 6.70. The second-order valence-corrected chi connectivity index (χ2v) is 8.88. The summed E-state index contributed by atoms with van der Waals surface area (Å²) in [4.78, 5) is 0.354. The smallest absolute Gasteiger partial charge is 0.207 e. The van der Waals surface area contributed by atoms with E-state index in [-0.39, 0.29) is 0 Å².